The van der Waals surface area contributed by atoms with Gasteiger partial charge in [0.25, 0.3) is 0 Å². The maximum atomic E-state index is 12.0. The van der Waals surface area contributed by atoms with Gasteiger partial charge in [0.05, 0.1) is 12.2 Å². The molecule has 23 heavy (non-hydrogen) atoms. The molecule has 1 N–H and O–H groups in total. The van der Waals surface area contributed by atoms with Crippen molar-refractivity contribution in [3.63, 3.8) is 0 Å². The maximum absolute atomic E-state index is 12.0. The molecule has 0 amide bonds. The van der Waals surface area contributed by atoms with E-state index in [-0.39, 0.29) is 11.7 Å². The van der Waals surface area contributed by atoms with Gasteiger partial charge in [-0.05, 0) is 41.8 Å². The number of unbranched alkanes of at least 4 members (excludes halogenated alkanes) is 4. The van der Waals surface area contributed by atoms with E-state index in [2.05, 4.69) is 6.92 Å². The van der Waals surface area contributed by atoms with Crippen molar-refractivity contribution in [2.45, 2.75) is 39.0 Å². The van der Waals surface area contributed by atoms with Gasteiger partial charge in [0, 0.05) is 0 Å². The van der Waals surface area contributed by atoms with Gasteiger partial charge in [-0.1, -0.05) is 56.9 Å². The second-order valence-corrected chi connectivity index (χ2v) is 5.67. The molecule has 0 heterocycles. The quantitative estimate of drug-likeness (QED) is 0.539. The summed E-state index contributed by atoms with van der Waals surface area (Å²) in [5.41, 5.74) is 2.57. The summed E-state index contributed by atoms with van der Waals surface area (Å²) in [5, 5.41) is 9.31. The van der Waals surface area contributed by atoms with E-state index < -0.39 is 0 Å². The van der Waals surface area contributed by atoms with Gasteiger partial charge in [-0.25, -0.2) is 4.79 Å². The minimum Gasteiger partial charge on any atom is -0.508 e. The normalized spacial score (nSPS) is 10.5. The zero-order valence-corrected chi connectivity index (χ0v) is 13.6. The fourth-order valence-corrected chi connectivity index (χ4v) is 2.41. The highest BCUT2D eigenvalue weighted by Crippen LogP contribution is 2.22. The van der Waals surface area contributed by atoms with Gasteiger partial charge < -0.3 is 9.84 Å². The molecule has 0 unspecified atom stereocenters. The Morgan fingerprint density at radius 2 is 1.43 bits per heavy atom. The first-order valence-corrected chi connectivity index (χ1v) is 8.27. The molecular weight excluding hydrogens is 288 g/mol. The molecule has 2 aromatic carbocycles. The van der Waals surface area contributed by atoms with Crippen LogP contribution in [0.5, 0.6) is 5.75 Å². The fraction of sp³-hybridized carbons (Fsp3) is 0.350. The zero-order chi connectivity index (χ0) is 16.5. The molecule has 0 bridgehead atoms. The van der Waals surface area contributed by atoms with Crippen molar-refractivity contribution in [2.75, 3.05) is 6.61 Å². The number of benzene rings is 2. The number of rotatable bonds is 8. The molecule has 0 saturated heterocycles. The van der Waals surface area contributed by atoms with Crippen molar-refractivity contribution in [3.05, 3.63) is 54.1 Å². The Hall–Kier alpha value is -2.29. The summed E-state index contributed by atoms with van der Waals surface area (Å²) in [5.74, 6) is -0.0226. The van der Waals surface area contributed by atoms with E-state index >= 15 is 0 Å². The topological polar surface area (TPSA) is 46.5 Å². The van der Waals surface area contributed by atoms with Crippen molar-refractivity contribution in [1.29, 1.82) is 0 Å². The van der Waals surface area contributed by atoms with Crippen LogP contribution in [0.15, 0.2) is 48.5 Å². The third-order valence-electron chi connectivity index (χ3n) is 3.80. The van der Waals surface area contributed by atoms with Crippen LogP contribution in [0.4, 0.5) is 0 Å². The Morgan fingerprint density at radius 3 is 2.04 bits per heavy atom. The monoisotopic (exact) mass is 312 g/mol. The molecule has 0 spiro atoms. The first-order valence-electron chi connectivity index (χ1n) is 8.27. The van der Waals surface area contributed by atoms with Crippen LogP contribution >= 0.6 is 0 Å². The molecule has 2 rings (SSSR count). The van der Waals surface area contributed by atoms with Crippen molar-refractivity contribution < 1.29 is 14.6 Å². The lowest BCUT2D eigenvalue weighted by atomic mass is 10.0. The summed E-state index contributed by atoms with van der Waals surface area (Å²) in [6, 6.07) is 14.3. The third kappa shape index (κ3) is 5.44. The first kappa shape index (κ1) is 17.1. The first-order chi connectivity index (χ1) is 11.2. The molecule has 0 aliphatic carbocycles. The highest BCUT2D eigenvalue weighted by Gasteiger charge is 2.07. The van der Waals surface area contributed by atoms with Crippen LogP contribution < -0.4 is 0 Å². The Bertz CT molecular complexity index is 600. The lowest BCUT2D eigenvalue weighted by molar-refractivity contribution is 0.0497. The molecule has 0 saturated carbocycles. The average Bonchev–Trinajstić information content (AvgIpc) is 2.58. The molecule has 0 radical (unpaired) electrons. The van der Waals surface area contributed by atoms with Crippen molar-refractivity contribution in [1.82, 2.24) is 0 Å². The molecule has 122 valence electrons. The standard InChI is InChI=1S/C20H24O3/c1-2-3-4-5-6-15-23-20(22)18-9-7-16(8-10-18)17-11-13-19(21)14-12-17/h7-14,21H,2-6,15H2,1H3. The van der Waals surface area contributed by atoms with Gasteiger partial charge in [-0.2, -0.15) is 0 Å². The van der Waals surface area contributed by atoms with Crippen molar-refractivity contribution >= 4 is 5.97 Å². The molecule has 0 aromatic heterocycles. The summed E-state index contributed by atoms with van der Waals surface area (Å²) in [6.45, 7) is 2.67. The van der Waals surface area contributed by atoms with Crippen LogP contribution in [0.2, 0.25) is 0 Å². The van der Waals surface area contributed by atoms with Gasteiger partial charge in [-0.3, -0.25) is 0 Å². The second kappa shape index (κ2) is 8.99. The minimum absolute atomic E-state index is 0.243. The second-order valence-electron chi connectivity index (χ2n) is 5.67. The number of esters is 1. The molecule has 3 heteroatoms. The Kier molecular flexibility index (Phi) is 6.67. The summed E-state index contributed by atoms with van der Waals surface area (Å²) < 4.78 is 5.30. The lowest BCUT2D eigenvalue weighted by Crippen LogP contribution is -2.06. The third-order valence-corrected chi connectivity index (χ3v) is 3.80. The number of hydrogen-bond acceptors (Lipinski definition) is 3. The highest BCUT2D eigenvalue weighted by atomic mass is 16.5. The number of phenols is 1. The lowest BCUT2D eigenvalue weighted by Gasteiger charge is -2.06. The van der Waals surface area contributed by atoms with E-state index in [4.69, 9.17) is 4.74 Å². The number of carbonyl (C=O) groups is 1. The number of carbonyl (C=O) groups excluding carboxylic acids is 1. The van der Waals surface area contributed by atoms with Crippen molar-refractivity contribution in [2.24, 2.45) is 0 Å². The van der Waals surface area contributed by atoms with Crippen molar-refractivity contribution in [3.8, 4) is 16.9 Å². The molecule has 0 aliphatic rings. The minimum atomic E-state index is -0.266. The van der Waals surface area contributed by atoms with Crippen LogP contribution in [0, 0.1) is 0 Å². The van der Waals surface area contributed by atoms with Gasteiger partial charge in [0.2, 0.25) is 0 Å². The van der Waals surface area contributed by atoms with Crippen LogP contribution in [-0.4, -0.2) is 17.7 Å². The smallest absolute Gasteiger partial charge is 0.338 e. The van der Waals surface area contributed by atoms with Gasteiger partial charge in [-0.15, -0.1) is 0 Å². The largest absolute Gasteiger partial charge is 0.508 e. The van der Waals surface area contributed by atoms with Crippen LogP contribution in [0.1, 0.15) is 49.4 Å². The Labute approximate surface area is 137 Å². The van der Waals surface area contributed by atoms with Gasteiger partial charge in [0.15, 0.2) is 0 Å². The molecule has 0 atom stereocenters. The predicted molar refractivity (Wildman–Crippen MR) is 92.6 cm³/mol. The van der Waals surface area contributed by atoms with E-state index in [9.17, 15) is 9.90 Å². The number of aromatic hydroxyl groups is 1. The average molecular weight is 312 g/mol. The number of ether oxygens (including phenoxy) is 1. The van der Waals surface area contributed by atoms with Crippen LogP contribution in [-0.2, 0) is 4.74 Å². The number of phenolic OH excluding ortho intramolecular Hbond substituents is 1. The molecular formula is C20H24O3. The summed E-state index contributed by atoms with van der Waals surface area (Å²) in [7, 11) is 0. The van der Waals surface area contributed by atoms with Gasteiger partial charge >= 0.3 is 5.97 Å². The number of hydrogen-bond donors (Lipinski definition) is 1. The highest BCUT2D eigenvalue weighted by molar-refractivity contribution is 5.90. The van der Waals surface area contributed by atoms with Gasteiger partial charge in [0.1, 0.15) is 5.75 Å². The summed E-state index contributed by atoms with van der Waals surface area (Å²) in [6.07, 6.45) is 5.70. The fourth-order valence-electron chi connectivity index (χ4n) is 2.41. The maximum Gasteiger partial charge on any atom is 0.338 e. The van der Waals surface area contributed by atoms with E-state index in [1.54, 1.807) is 24.3 Å². The van der Waals surface area contributed by atoms with Crippen LogP contribution in [0.25, 0.3) is 11.1 Å². The molecule has 3 nitrogen and oxygen atoms in total. The van der Waals surface area contributed by atoms with E-state index in [1.807, 2.05) is 24.3 Å². The van der Waals surface area contributed by atoms with E-state index in [1.165, 1.54) is 19.3 Å². The van der Waals surface area contributed by atoms with E-state index in [0.29, 0.717) is 12.2 Å². The molecule has 0 aliphatic heterocycles. The predicted octanol–water partition coefficient (Wildman–Crippen LogP) is 5.19. The molecule has 2 aromatic rings. The summed E-state index contributed by atoms with van der Waals surface area (Å²) in [4.78, 5) is 12.0. The summed E-state index contributed by atoms with van der Waals surface area (Å²) >= 11 is 0. The SMILES string of the molecule is CCCCCCCOC(=O)c1ccc(-c2ccc(O)cc2)cc1. The van der Waals surface area contributed by atoms with Crippen LogP contribution in [0.3, 0.4) is 0 Å². The Balaban J connectivity index is 1.84. The zero-order valence-electron chi connectivity index (χ0n) is 13.6. The Morgan fingerprint density at radius 1 is 0.870 bits per heavy atom. The molecule has 0 fully saturated rings. The van der Waals surface area contributed by atoms with E-state index in [0.717, 1.165) is 24.0 Å².